The summed E-state index contributed by atoms with van der Waals surface area (Å²) in [6, 6.07) is 3.92. The molecule has 1 aliphatic rings. The maximum absolute atomic E-state index is 12.4. The lowest BCUT2D eigenvalue weighted by molar-refractivity contribution is -0.383. The second kappa shape index (κ2) is 6.85. The van der Waals surface area contributed by atoms with E-state index in [9.17, 15) is 14.9 Å². The fraction of sp³-hybridized carbons (Fsp3) is 0.400. The molecule has 0 bridgehead atoms. The van der Waals surface area contributed by atoms with Crippen LogP contribution in [0.4, 0.5) is 17.3 Å². The Labute approximate surface area is 143 Å². The lowest BCUT2D eigenvalue weighted by Gasteiger charge is -2.19. The highest BCUT2D eigenvalue weighted by atomic mass is 16.6. The van der Waals surface area contributed by atoms with Crippen molar-refractivity contribution in [3.05, 3.63) is 39.7 Å². The molecule has 1 aliphatic heterocycles. The number of carbonyl (C=O) groups is 1. The zero-order valence-electron chi connectivity index (χ0n) is 13.7. The number of aromatic nitrogens is 3. The van der Waals surface area contributed by atoms with Crippen LogP contribution in [0.5, 0.6) is 0 Å². The average Bonchev–Trinajstić information content (AvgIpc) is 2.96. The van der Waals surface area contributed by atoms with E-state index in [-0.39, 0.29) is 22.9 Å². The van der Waals surface area contributed by atoms with E-state index < -0.39 is 10.8 Å². The minimum atomic E-state index is -0.621. The Balaban J connectivity index is 1.78. The Bertz CT molecular complexity index is 811. The Morgan fingerprint density at radius 2 is 2.16 bits per heavy atom. The third-order valence-electron chi connectivity index (χ3n) is 4.20. The van der Waals surface area contributed by atoms with E-state index >= 15 is 0 Å². The van der Waals surface area contributed by atoms with Crippen molar-refractivity contribution < 1.29 is 9.72 Å². The summed E-state index contributed by atoms with van der Waals surface area (Å²) in [6.07, 6.45) is 1.89. The fourth-order valence-electron chi connectivity index (χ4n) is 2.78. The number of nitrogen functional groups attached to an aromatic ring is 1. The molecule has 1 aromatic heterocycles. The minimum Gasteiger partial charge on any atom is -0.393 e. The van der Waals surface area contributed by atoms with E-state index in [1.54, 1.807) is 7.05 Å². The summed E-state index contributed by atoms with van der Waals surface area (Å²) in [4.78, 5) is 27.1. The van der Waals surface area contributed by atoms with Crippen molar-refractivity contribution in [1.82, 2.24) is 20.1 Å². The van der Waals surface area contributed by atoms with Gasteiger partial charge in [0.15, 0.2) is 5.82 Å². The van der Waals surface area contributed by atoms with Crippen molar-refractivity contribution in [2.75, 3.05) is 24.1 Å². The number of nitrogens with two attached hydrogens (primary N) is 1. The Morgan fingerprint density at radius 3 is 2.84 bits per heavy atom. The molecule has 0 radical (unpaired) electrons. The van der Waals surface area contributed by atoms with Crippen LogP contribution in [-0.4, -0.2) is 38.7 Å². The second-order valence-electron chi connectivity index (χ2n) is 5.93. The number of nitro benzene ring substituents is 1. The topological polar surface area (TPSA) is 141 Å². The number of rotatable bonds is 4. The average molecular weight is 345 g/mol. The Kier molecular flexibility index (Phi) is 4.61. The van der Waals surface area contributed by atoms with Crippen LogP contribution in [0.25, 0.3) is 0 Å². The summed E-state index contributed by atoms with van der Waals surface area (Å²) in [5, 5.41) is 21.2. The molecule has 132 valence electrons. The first-order chi connectivity index (χ1) is 12.0. The SMILES string of the molecule is Cn1nc(C2CCNCC2)nc1NC(=O)c1ccc(N)c([N+](=O)[O-])c1. The lowest BCUT2D eigenvalue weighted by atomic mass is 9.98. The van der Waals surface area contributed by atoms with Crippen molar-refractivity contribution in [3.8, 4) is 0 Å². The predicted octanol–water partition coefficient (Wildman–Crippen LogP) is 1.02. The predicted molar refractivity (Wildman–Crippen MR) is 91.3 cm³/mol. The molecule has 0 spiro atoms. The van der Waals surface area contributed by atoms with Crippen LogP contribution in [0.1, 0.15) is 34.9 Å². The van der Waals surface area contributed by atoms with Crippen LogP contribution < -0.4 is 16.4 Å². The summed E-state index contributed by atoms with van der Waals surface area (Å²) >= 11 is 0. The molecular formula is C15H19N7O3. The summed E-state index contributed by atoms with van der Waals surface area (Å²) in [5.74, 6) is 0.756. The highest BCUT2D eigenvalue weighted by molar-refractivity contribution is 6.04. The van der Waals surface area contributed by atoms with Crippen molar-refractivity contribution in [3.63, 3.8) is 0 Å². The molecule has 1 saturated heterocycles. The van der Waals surface area contributed by atoms with Gasteiger partial charge in [0.25, 0.3) is 11.6 Å². The number of hydrogen-bond acceptors (Lipinski definition) is 7. The fourth-order valence-corrected chi connectivity index (χ4v) is 2.78. The van der Waals surface area contributed by atoms with E-state index in [1.807, 2.05) is 0 Å². The number of carbonyl (C=O) groups excluding carboxylic acids is 1. The van der Waals surface area contributed by atoms with Crippen LogP contribution in [0.2, 0.25) is 0 Å². The minimum absolute atomic E-state index is 0.00778. The quantitative estimate of drug-likeness (QED) is 0.427. The van der Waals surface area contributed by atoms with Crippen LogP contribution in [-0.2, 0) is 7.05 Å². The number of nitrogens with zero attached hydrogens (tertiary/aromatic N) is 4. The second-order valence-corrected chi connectivity index (χ2v) is 5.93. The van der Waals surface area contributed by atoms with Crippen LogP contribution >= 0.6 is 0 Å². The molecule has 25 heavy (non-hydrogen) atoms. The standard InChI is InChI=1S/C15H19N7O3/c1-21-15(18-13(20-21)9-4-6-17-7-5-9)19-14(23)10-2-3-11(16)12(8-10)22(24)25/h2-3,8-9,17H,4-7,16H2,1H3,(H,18,19,20,23). The van der Waals surface area contributed by atoms with Crippen molar-refractivity contribution >= 4 is 23.2 Å². The van der Waals surface area contributed by atoms with Gasteiger partial charge in [0.1, 0.15) is 5.69 Å². The van der Waals surface area contributed by atoms with E-state index in [2.05, 4.69) is 20.7 Å². The Hall–Kier alpha value is -3.01. The van der Waals surface area contributed by atoms with Crippen molar-refractivity contribution in [2.24, 2.45) is 7.05 Å². The molecule has 2 aromatic rings. The van der Waals surface area contributed by atoms with Crippen molar-refractivity contribution in [1.29, 1.82) is 0 Å². The maximum Gasteiger partial charge on any atom is 0.292 e. The number of piperidine rings is 1. The number of hydrogen-bond donors (Lipinski definition) is 3. The van der Waals surface area contributed by atoms with E-state index in [4.69, 9.17) is 5.73 Å². The van der Waals surface area contributed by atoms with Gasteiger partial charge < -0.3 is 11.1 Å². The lowest BCUT2D eigenvalue weighted by Crippen LogP contribution is -2.27. The van der Waals surface area contributed by atoms with Gasteiger partial charge in [0.05, 0.1) is 4.92 Å². The normalized spacial score (nSPS) is 15.1. The van der Waals surface area contributed by atoms with Gasteiger partial charge in [-0.25, -0.2) is 4.68 Å². The van der Waals surface area contributed by atoms with Gasteiger partial charge >= 0.3 is 0 Å². The molecule has 1 fully saturated rings. The maximum atomic E-state index is 12.4. The van der Waals surface area contributed by atoms with Crippen LogP contribution in [0.15, 0.2) is 18.2 Å². The third-order valence-corrected chi connectivity index (χ3v) is 4.20. The van der Waals surface area contributed by atoms with Gasteiger partial charge in [-0.15, -0.1) is 0 Å². The van der Waals surface area contributed by atoms with Crippen LogP contribution in [0.3, 0.4) is 0 Å². The molecule has 0 atom stereocenters. The number of nitro groups is 1. The molecule has 0 unspecified atom stereocenters. The number of nitrogens with one attached hydrogen (secondary N) is 2. The highest BCUT2D eigenvalue weighted by Crippen LogP contribution is 2.25. The van der Waals surface area contributed by atoms with E-state index in [0.717, 1.165) is 32.0 Å². The number of aryl methyl sites for hydroxylation is 1. The number of amides is 1. The van der Waals surface area contributed by atoms with E-state index in [0.29, 0.717) is 11.8 Å². The van der Waals surface area contributed by atoms with Gasteiger partial charge in [-0.3, -0.25) is 20.2 Å². The van der Waals surface area contributed by atoms with Gasteiger partial charge in [-0.1, -0.05) is 0 Å². The molecule has 2 heterocycles. The zero-order chi connectivity index (χ0) is 18.0. The van der Waals surface area contributed by atoms with Gasteiger partial charge in [-0.05, 0) is 38.1 Å². The zero-order valence-corrected chi connectivity index (χ0v) is 13.7. The molecule has 0 saturated carbocycles. The van der Waals surface area contributed by atoms with Gasteiger partial charge in [-0.2, -0.15) is 10.1 Å². The molecule has 4 N–H and O–H groups in total. The number of anilines is 2. The largest absolute Gasteiger partial charge is 0.393 e. The van der Waals surface area contributed by atoms with Crippen molar-refractivity contribution in [2.45, 2.75) is 18.8 Å². The summed E-state index contributed by atoms with van der Waals surface area (Å²) < 4.78 is 1.50. The van der Waals surface area contributed by atoms with Crippen LogP contribution in [0, 0.1) is 10.1 Å². The first kappa shape index (κ1) is 16.8. The van der Waals surface area contributed by atoms with E-state index in [1.165, 1.54) is 16.8 Å². The molecule has 1 amide bonds. The summed E-state index contributed by atoms with van der Waals surface area (Å²) in [6.45, 7) is 1.83. The first-order valence-electron chi connectivity index (χ1n) is 7.92. The highest BCUT2D eigenvalue weighted by Gasteiger charge is 2.22. The third kappa shape index (κ3) is 3.58. The monoisotopic (exact) mass is 345 g/mol. The molecule has 3 rings (SSSR count). The molecule has 0 aliphatic carbocycles. The number of benzene rings is 1. The summed E-state index contributed by atoms with van der Waals surface area (Å²) in [7, 11) is 1.69. The smallest absolute Gasteiger partial charge is 0.292 e. The Morgan fingerprint density at radius 1 is 1.44 bits per heavy atom. The molecule has 10 nitrogen and oxygen atoms in total. The van der Waals surface area contributed by atoms with Gasteiger partial charge in [0, 0.05) is 24.6 Å². The van der Waals surface area contributed by atoms with Gasteiger partial charge in [0.2, 0.25) is 5.95 Å². The molecule has 10 heteroatoms. The summed E-state index contributed by atoms with van der Waals surface area (Å²) in [5.41, 5.74) is 5.38. The molecule has 1 aromatic carbocycles. The molecular weight excluding hydrogens is 326 g/mol. The first-order valence-corrected chi connectivity index (χ1v) is 7.92.